The Bertz CT molecular complexity index is 1260. The summed E-state index contributed by atoms with van der Waals surface area (Å²) in [5.74, 6) is -0.374. The van der Waals surface area contributed by atoms with Crippen molar-refractivity contribution in [3.05, 3.63) is 70.2 Å². The highest BCUT2D eigenvalue weighted by molar-refractivity contribution is 7.92. The lowest BCUT2D eigenvalue weighted by Gasteiger charge is -2.17. The highest BCUT2D eigenvalue weighted by Crippen LogP contribution is 2.23. The monoisotopic (exact) mass is 498 g/mol. The number of sulfonamides is 1. The van der Waals surface area contributed by atoms with Crippen molar-refractivity contribution in [2.45, 2.75) is 51.0 Å². The molecule has 4 rings (SSSR count). The quantitative estimate of drug-likeness (QED) is 0.468. The number of anilines is 2. The number of rotatable bonds is 7. The zero-order chi connectivity index (χ0) is 24.1. The third kappa shape index (κ3) is 6.22. The number of thiazole rings is 1. The van der Waals surface area contributed by atoms with Gasteiger partial charge in [-0.1, -0.05) is 31.0 Å². The number of likely N-dealkylation sites (tertiary alicyclic amines) is 1. The third-order valence-electron chi connectivity index (χ3n) is 5.89. The van der Waals surface area contributed by atoms with Gasteiger partial charge < -0.3 is 0 Å². The number of aromatic nitrogens is 1. The summed E-state index contributed by atoms with van der Waals surface area (Å²) in [6.45, 7) is 6.62. The van der Waals surface area contributed by atoms with Crippen molar-refractivity contribution >= 4 is 38.1 Å². The molecule has 0 unspecified atom stereocenters. The summed E-state index contributed by atoms with van der Waals surface area (Å²) >= 11 is 1.38. The highest BCUT2D eigenvalue weighted by Gasteiger charge is 2.19. The Morgan fingerprint density at radius 3 is 2.56 bits per heavy atom. The Hall–Kier alpha value is -2.75. The largest absolute Gasteiger partial charge is 0.298 e. The molecule has 180 valence electrons. The van der Waals surface area contributed by atoms with Crippen LogP contribution in [0.4, 0.5) is 10.8 Å². The molecular weight excluding hydrogens is 468 g/mol. The molecule has 34 heavy (non-hydrogen) atoms. The van der Waals surface area contributed by atoms with E-state index in [9.17, 15) is 13.2 Å². The second-order valence-corrected chi connectivity index (χ2v) is 11.3. The minimum Gasteiger partial charge on any atom is -0.298 e. The molecule has 0 saturated carbocycles. The van der Waals surface area contributed by atoms with Crippen LogP contribution in [0.3, 0.4) is 0 Å². The van der Waals surface area contributed by atoms with Gasteiger partial charge in [-0.3, -0.25) is 19.7 Å². The third-order valence-corrected chi connectivity index (χ3v) is 8.08. The number of carbonyl (C=O) groups excluding carboxylic acids is 1. The minimum absolute atomic E-state index is 0.0331. The predicted molar refractivity (Wildman–Crippen MR) is 137 cm³/mol. The molecule has 1 amide bonds. The van der Waals surface area contributed by atoms with Crippen molar-refractivity contribution in [2.24, 2.45) is 0 Å². The fourth-order valence-electron chi connectivity index (χ4n) is 4.06. The molecule has 1 saturated heterocycles. The van der Waals surface area contributed by atoms with Gasteiger partial charge in [0.05, 0.1) is 10.6 Å². The molecule has 3 aromatic rings. The Morgan fingerprint density at radius 2 is 1.82 bits per heavy atom. The number of benzene rings is 2. The van der Waals surface area contributed by atoms with Crippen molar-refractivity contribution < 1.29 is 13.2 Å². The van der Waals surface area contributed by atoms with Crippen LogP contribution in [0.5, 0.6) is 0 Å². The molecule has 1 aliphatic heterocycles. The van der Waals surface area contributed by atoms with E-state index in [1.54, 1.807) is 31.2 Å². The number of nitrogens with zero attached hydrogens (tertiary/aromatic N) is 2. The second-order valence-electron chi connectivity index (χ2n) is 8.74. The number of amides is 1. The van der Waals surface area contributed by atoms with Gasteiger partial charge in [-0.2, -0.15) is 0 Å². The van der Waals surface area contributed by atoms with E-state index in [0.29, 0.717) is 21.9 Å². The van der Waals surface area contributed by atoms with Gasteiger partial charge in [-0.05, 0) is 75.2 Å². The Balaban J connectivity index is 1.46. The van der Waals surface area contributed by atoms with Crippen LogP contribution >= 0.6 is 11.3 Å². The van der Waals surface area contributed by atoms with Gasteiger partial charge in [-0.25, -0.2) is 13.4 Å². The van der Waals surface area contributed by atoms with E-state index in [1.807, 2.05) is 18.4 Å². The molecule has 0 spiro atoms. The van der Waals surface area contributed by atoms with E-state index in [4.69, 9.17) is 0 Å². The van der Waals surface area contributed by atoms with Crippen molar-refractivity contribution in [3.8, 4) is 0 Å². The first-order valence-electron chi connectivity index (χ1n) is 11.5. The fraction of sp³-hybridized carbons (Fsp3) is 0.360. The normalized spacial score (nSPS) is 15.0. The first-order chi connectivity index (χ1) is 16.3. The van der Waals surface area contributed by atoms with Crippen molar-refractivity contribution in [3.63, 3.8) is 0 Å². The highest BCUT2D eigenvalue weighted by atomic mass is 32.2. The maximum absolute atomic E-state index is 13.0. The summed E-state index contributed by atoms with van der Waals surface area (Å²) in [7, 11) is -3.84. The molecule has 0 aliphatic carbocycles. The predicted octanol–water partition coefficient (Wildman–Crippen LogP) is 5.19. The molecular formula is C25H30N4O3S2. The lowest BCUT2D eigenvalue weighted by atomic mass is 10.1. The molecule has 0 radical (unpaired) electrons. The molecule has 0 bridgehead atoms. The lowest BCUT2D eigenvalue weighted by Crippen LogP contribution is -2.24. The van der Waals surface area contributed by atoms with Gasteiger partial charge in [0.2, 0.25) is 0 Å². The Morgan fingerprint density at radius 1 is 1.06 bits per heavy atom. The molecule has 1 aliphatic rings. The fourth-order valence-corrected chi connectivity index (χ4v) is 5.83. The summed E-state index contributed by atoms with van der Waals surface area (Å²) in [6, 6.07) is 11.7. The number of carbonyl (C=O) groups is 1. The van der Waals surface area contributed by atoms with E-state index in [1.165, 1.54) is 49.2 Å². The molecule has 0 atom stereocenters. The Kier molecular flexibility index (Phi) is 7.65. The number of hydrogen-bond donors (Lipinski definition) is 2. The minimum atomic E-state index is -3.84. The maximum atomic E-state index is 13.0. The van der Waals surface area contributed by atoms with Crippen LogP contribution in [-0.2, 0) is 16.6 Å². The molecule has 2 aromatic carbocycles. The first kappa shape index (κ1) is 24.4. The van der Waals surface area contributed by atoms with Crippen molar-refractivity contribution in [2.75, 3.05) is 23.1 Å². The number of hydrogen-bond acceptors (Lipinski definition) is 6. The zero-order valence-electron chi connectivity index (χ0n) is 19.5. The van der Waals surface area contributed by atoms with Crippen molar-refractivity contribution in [1.29, 1.82) is 0 Å². The van der Waals surface area contributed by atoms with E-state index >= 15 is 0 Å². The molecule has 2 N–H and O–H groups in total. The van der Waals surface area contributed by atoms with Gasteiger partial charge in [0.1, 0.15) is 0 Å². The zero-order valence-corrected chi connectivity index (χ0v) is 21.1. The van der Waals surface area contributed by atoms with E-state index < -0.39 is 10.0 Å². The van der Waals surface area contributed by atoms with Crippen LogP contribution < -0.4 is 10.0 Å². The maximum Gasteiger partial charge on any atom is 0.261 e. The summed E-state index contributed by atoms with van der Waals surface area (Å²) in [4.78, 5) is 20.0. The number of nitrogens with one attached hydrogen (secondary N) is 2. The second kappa shape index (κ2) is 10.7. The van der Waals surface area contributed by atoms with Gasteiger partial charge in [0.15, 0.2) is 5.13 Å². The van der Waals surface area contributed by atoms with Gasteiger partial charge in [-0.15, -0.1) is 11.3 Å². The van der Waals surface area contributed by atoms with Crippen LogP contribution in [0.2, 0.25) is 0 Å². The molecule has 2 heterocycles. The van der Waals surface area contributed by atoms with Gasteiger partial charge in [0.25, 0.3) is 15.9 Å². The van der Waals surface area contributed by atoms with Crippen LogP contribution in [0.25, 0.3) is 0 Å². The van der Waals surface area contributed by atoms with E-state index in [2.05, 4.69) is 19.9 Å². The van der Waals surface area contributed by atoms with Crippen LogP contribution in [0.15, 0.2) is 52.7 Å². The standard InChI is InChI=1S/C25H30N4O3S2/c1-18-8-7-9-20(14-18)28-34(31,32)22-11-10-19(2)23(15-22)24(30)27-25-26-21(17-33-25)16-29-12-5-3-4-6-13-29/h7-11,14-15,17,28H,3-6,12-13,16H2,1-2H3,(H,26,27,30). The SMILES string of the molecule is Cc1cccc(NS(=O)(=O)c2ccc(C)c(C(=O)Nc3nc(CN4CCCCCC4)cs3)c2)c1. The summed E-state index contributed by atoms with van der Waals surface area (Å²) in [5, 5.41) is 5.33. The molecule has 7 nitrogen and oxygen atoms in total. The topological polar surface area (TPSA) is 91.4 Å². The Labute approximate surface area is 205 Å². The average molecular weight is 499 g/mol. The first-order valence-corrected chi connectivity index (χ1v) is 13.8. The van der Waals surface area contributed by atoms with Gasteiger partial charge in [0, 0.05) is 23.2 Å². The van der Waals surface area contributed by atoms with Crippen LogP contribution in [-0.4, -0.2) is 37.3 Å². The van der Waals surface area contributed by atoms with Crippen LogP contribution in [0.1, 0.15) is 52.9 Å². The van der Waals surface area contributed by atoms with E-state index in [-0.39, 0.29) is 10.8 Å². The molecule has 1 aromatic heterocycles. The molecule has 1 fully saturated rings. The number of aryl methyl sites for hydroxylation is 2. The summed E-state index contributed by atoms with van der Waals surface area (Å²) in [5.41, 5.74) is 3.36. The molecule has 9 heteroatoms. The smallest absolute Gasteiger partial charge is 0.261 e. The van der Waals surface area contributed by atoms with E-state index in [0.717, 1.165) is 30.9 Å². The van der Waals surface area contributed by atoms with Crippen LogP contribution in [0, 0.1) is 13.8 Å². The summed E-state index contributed by atoms with van der Waals surface area (Å²) < 4.78 is 28.4. The van der Waals surface area contributed by atoms with Gasteiger partial charge >= 0.3 is 0 Å². The van der Waals surface area contributed by atoms with Crippen molar-refractivity contribution in [1.82, 2.24) is 9.88 Å². The lowest BCUT2D eigenvalue weighted by molar-refractivity contribution is 0.102. The summed E-state index contributed by atoms with van der Waals surface area (Å²) in [6.07, 6.45) is 4.99. The average Bonchev–Trinajstić information content (AvgIpc) is 3.05.